The smallest absolute Gasteiger partial charge is 0.231 e. The van der Waals surface area contributed by atoms with Crippen LogP contribution in [0, 0.1) is 0 Å². The Balaban J connectivity index is 1.78. The van der Waals surface area contributed by atoms with E-state index in [1.54, 1.807) is 4.68 Å². The van der Waals surface area contributed by atoms with E-state index in [9.17, 15) is 4.79 Å². The molecule has 0 saturated carbocycles. The molecule has 6 nitrogen and oxygen atoms in total. The highest BCUT2D eigenvalue weighted by molar-refractivity contribution is 5.96. The van der Waals surface area contributed by atoms with Crippen LogP contribution in [0.3, 0.4) is 0 Å². The van der Waals surface area contributed by atoms with Gasteiger partial charge in [0.15, 0.2) is 0 Å². The maximum absolute atomic E-state index is 12.6. The minimum atomic E-state index is -0.173. The fourth-order valence-electron chi connectivity index (χ4n) is 2.49. The van der Waals surface area contributed by atoms with Gasteiger partial charge in [-0.15, -0.1) is 5.10 Å². The van der Waals surface area contributed by atoms with Gasteiger partial charge in [-0.05, 0) is 40.6 Å². The van der Waals surface area contributed by atoms with Crippen molar-refractivity contribution in [3.63, 3.8) is 0 Å². The molecule has 0 unspecified atom stereocenters. The number of nitrogens with zero attached hydrogens (tertiary/aromatic N) is 4. The first-order chi connectivity index (χ1) is 11.3. The van der Waals surface area contributed by atoms with Gasteiger partial charge in [0.1, 0.15) is 6.33 Å². The zero-order chi connectivity index (χ0) is 16.1. The lowest BCUT2D eigenvalue weighted by Gasteiger charge is -2.15. The Morgan fingerprint density at radius 2 is 2.00 bits per heavy atom. The number of amides is 1. The lowest BCUT2D eigenvalue weighted by molar-refractivity contribution is -0.117. The third-order valence-corrected chi connectivity index (χ3v) is 3.65. The monoisotopic (exact) mass is 307 g/mol. The lowest BCUT2D eigenvalue weighted by atomic mass is 9.95. The Morgan fingerprint density at radius 1 is 1.17 bits per heavy atom. The van der Waals surface area contributed by atoms with E-state index in [2.05, 4.69) is 20.8 Å². The first-order valence-corrected chi connectivity index (χ1v) is 7.47. The number of hydrogen-bond donors (Lipinski definition) is 1. The molecular formula is C17H17N5O. The van der Waals surface area contributed by atoms with Crippen LogP contribution in [0.2, 0.25) is 0 Å². The van der Waals surface area contributed by atoms with Gasteiger partial charge in [0.2, 0.25) is 5.91 Å². The lowest BCUT2D eigenvalue weighted by Crippen LogP contribution is -2.20. The highest BCUT2D eigenvalue weighted by Crippen LogP contribution is 2.22. The molecule has 0 bridgehead atoms. The van der Waals surface area contributed by atoms with Gasteiger partial charge in [0.25, 0.3) is 0 Å². The molecule has 1 atom stereocenters. The second-order valence-electron chi connectivity index (χ2n) is 5.17. The van der Waals surface area contributed by atoms with Crippen LogP contribution in [0.25, 0.3) is 5.69 Å². The van der Waals surface area contributed by atoms with Crippen LogP contribution in [0.5, 0.6) is 0 Å². The van der Waals surface area contributed by atoms with E-state index < -0.39 is 0 Å². The molecule has 0 radical (unpaired) electrons. The van der Waals surface area contributed by atoms with Gasteiger partial charge in [-0.2, -0.15) is 0 Å². The number of hydrogen-bond acceptors (Lipinski definition) is 4. The zero-order valence-corrected chi connectivity index (χ0v) is 12.8. The van der Waals surface area contributed by atoms with Crippen molar-refractivity contribution < 1.29 is 4.79 Å². The number of rotatable bonds is 5. The van der Waals surface area contributed by atoms with Gasteiger partial charge in [0.05, 0.1) is 11.6 Å². The number of aromatic nitrogens is 4. The highest BCUT2D eigenvalue weighted by Gasteiger charge is 2.18. The van der Waals surface area contributed by atoms with Crippen molar-refractivity contribution >= 4 is 11.6 Å². The summed E-state index contributed by atoms with van der Waals surface area (Å²) in [6, 6.07) is 17.2. The van der Waals surface area contributed by atoms with Gasteiger partial charge in [0, 0.05) is 5.69 Å². The molecule has 1 N–H and O–H groups in total. The summed E-state index contributed by atoms with van der Waals surface area (Å²) in [5, 5.41) is 14.1. The topological polar surface area (TPSA) is 72.7 Å². The molecule has 0 spiro atoms. The molecule has 6 heteroatoms. The maximum atomic E-state index is 12.6. The van der Waals surface area contributed by atoms with Gasteiger partial charge in [-0.3, -0.25) is 4.79 Å². The second kappa shape index (κ2) is 6.83. The standard InChI is InChI=1S/C17H17N5O/c1-2-16(13-7-4-3-5-8-13)17(23)19-14-9-6-10-15(11-14)22-12-18-20-21-22/h3-12,16H,2H2,1H3,(H,19,23)/t16-/m1/s1. The molecule has 116 valence electrons. The summed E-state index contributed by atoms with van der Waals surface area (Å²) in [5.41, 5.74) is 2.53. The van der Waals surface area contributed by atoms with E-state index >= 15 is 0 Å². The predicted molar refractivity (Wildman–Crippen MR) is 87.3 cm³/mol. The number of tetrazole rings is 1. The Labute approximate surface area is 134 Å². The number of carbonyl (C=O) groups excluding carboxylic acids is 1. The van der Waals surface area contributed by atoms with Crippen molar-refractivity contribution in [2.24, 2.45) is 0 Å². The maximum Gasteiger partial charge on any atom is 0.231 e. The van der Waals surface area contributed by atoms with Crippen LogP contribution in [-0.4, -0.2) is 26.1 Å². The van der Waals surface area contributed by atoms with Crippen LogP contribution in [0.4, 0.5) is 5.69 Å². The van der Waals surface area contributed by atoms with Crippen molar-refractivity contribution in [3.8, 4) is 5.69 Å². The summed E-state index contributed by atoms with van der Waals surface area (Å²) in [6.07, 6.45) is 2.25. The van der Waals surface area contributed by atoms with Crippen molar-refractivity contribution in [3.05, 3.63) is 66.5 Å². The Morgan fingerprint density at radius 3 is 2.70 bits per heavy atom. The zero-order valence-electron chi connectivity index (χ0n) is 12.8. The van der Waals surface area contributed by atoms with Gasteiger partial charge in [-0.1, -0.05) is 43.3 Å². The molecule has 0 aliphatic heterocycles. The molecule has 2 aromatic carbocycles. The van der Waals surface area contributed by atoms with Crippen LogP contribution in [0.15, 0.2) is 60.9 Å². The van der Waals surface area contributed by atoms with Gasteiger partial charge in [-0.25, -0.2) is 4.68 Å². The number of benzene rings is 2. The van der Waals surface area contributed by atoms with Crippen molar-refractivity contribution in [1.82, 2.24) is 20.2 Å². The summed E-state index contributed by atoms with van der Waals surface area (Å²) >= 11 is 0. The quantitative estimate of drug-likeness (QED) is 0.786. The third kappa shape index (κ3) is 3.42. The van der Waals surface area contributed by atoms with Crippen molar-refractivity contribution in [1.29, 1.82) is 0 Å². The fraction of sp³-hybridized carbons (Fsp3) is 0.176. The minimum absolute atomic E-state index is 0.0208. The largest absolute Gasteiger partial charge is 0.325 e. The van der Waals surface area contributed by atoms with Crippen LogP contribution in [-0.2, 0) is 4.79 Å². The SMILES string of the molecule is CC[C@@H](C(=O)Nc1cccc(-n2cnnn2)c1)c1ccccc1. The molecule has 3 aromatic rings. The molecule has 1 aromatic heterocycles. The Bertz CT molecular complexity index is 771. The van der Waals surface area contributed by atoms with E-state index in [0.717, 1.165) is 23.4 Å². The summed E-state index contributed by atoms with van der Waals surface area (Å²) in [7, 11) is 0. The van der Waals surface area contributed by atoms with Crippen molar-refractivity contribution in [2.45, 2.75) is 19.3 Å². The molecule has 23 heavy (non-hydrogen) atoms. The normalized spacial score (nSPS) is 11.9. The first-order valence-electron chi connectivity index (χ1n) is 7.47. The molecule has 1 amide bonds. The molecule has 3 rings (SSSR count). The van der Waals surface area contributed by atoms with Crippen molar-refractivity contribution in [2.75, 3.05) is 5.32 Å². The van der Waals surface area contributed by atoms with Crippen LogP contribution < -0.4 is 5.32 Å². The molecule has 0 aliphatic rings. The molecule has 0 fully saturated rings. The summed E-state index contributed by atoms with van der Waals surface area (Å²) in [6.45, 7) is 2.01. The van der Waals surface area contributed by atoms with Crippen LogP contribution >= 0.6 is 0 Å². The second-order valence-corrected chi connectivity index (χ2v) is 5.17. The Kier molecular flexibility index (Phi) is 4.42. The summed E-state index contributed by atoms with van der Waals surface area (Å²) < 4.78 is 1.55. The van der Waals surface area contributed by atoms with E-state index in [-0.39, 0.29) is 11.8 Å². The van der Waals surface area contributed by atoms with Crippen LogP contribution in [0.1, 0.15) is 24.8 Å². The first kappa shape index (κ1) is 14.9. The summed E-state index contributed by atoms with van der Waals surface area (Å²) in [5.74, 6) is -0.194. The average molecular weight is 307 g/mol. The van der Waals surface area contributed by atoms with E-state index in [1.807, 2.05) is 61.5 Å². The number of anilines is 1. The van der Waals surface area contributed by atoms with Gasteiger partial charge < -0.3 is 5.32 Å². The fourth-order valence-corrected chi connectivity index (χ4v) is 2.49. The minimum Gasteiger partial charge on any atom is -0.325 e. The molecule has 1 heterocycles. The Hall–Kier alpha value is -3.02. The highest BCUT2D eigenvalue weighted by atomic mass is 16.1. The van der Waals surface area contributed by atoms with E-state index in [1.165, 1.54) is 6.33 Å². The van der Waals surface area contributed by atoms with Gasteiger partial charge >= 0.3 is 0 Å². The number of nitrogens with one attached hydrogen (secondary N) is 1. The van der Waals surface area contributed by atoms with E-state index in [0.29, 0.717) is 0 Å². The summed E-state index contributed by atoms with van der Waals surface area (Å²) in [4.78, 5) is 12.6. The number of carbonyl (C=O) groups is 1. The molecular weight excluding hydrogens is 290 g/mol. The molecule has 0 saturated heterocycles. The molecule has 0 aliphatic carbocycles. The predicted octanol–water partition coefficient (Wildman–Crippen LogP) is 2.79. The van der Waals surface area contributed by atoms with E-state index in [4.69, 9.17) is 0 Å². The average Bonchev–Trinajstić information content (AvgIpc) is 3.11. The third-order valence-electron chi connectivity index (χ3n) is 3.65.